The first kappa shape index (κ1) is 14.3. The Bertz CT molecular complexity index is 245. The summed E-state index contributed by atoms with van der Waals surface area (Å²) in [5, 5.41) is 0. The van der Waals surface area contributed by atoms with Crippen molar-refractivity contribution in [3.05, 3.63) is 0 Å². The van der Waals surface area contributed by atoms with Crippen LogP contribution in [0.15, 0.2) is 0 Å². The van der Waals surface area contributed by atoms with Crippen molar-refractivity contribution in [3.63, 3.8) is 0 Å². The topological polar surface area (TPSA) is 35.2 Å². The third kappa shape index (κ3) is 3.27. The Morgan fingerprint density at radius 1 is 1.17 bits per heavy atom. The minimum atomic E-state index is 0.126. The second-order valence-corrected chi connectivity index (χ2v) is 6.69. The summed E-state index contributed by atoms with van der Waals surface area (Å²) in [6.07, 6.45) is 13.5. The molecule has 2 aliphatic carbocycles. The average molecular weight is 253 g/mol. The van der Waals surface area contributed by atoms with Gasteiger partial charge in [0.2, 0.25) is 0 Å². The number of ether oxygens (including phenoxy) is 1. The SMILES string of the molecule is CCCC1CCC(N)(C2CCCC(OC)C2)CC1. The van der Waals surface area contributed by atoms with E-state index >= 15 is 0 Å². The first-order valence-corrected chi connectivity index (χ1v) is 7.99. The third-order valence-electron chi connectivity index (χ3n) is 5.51. The molecular formula is C16H31NO. The molecule has 2 atom stereocenters. The van der Waals surface area contributed by atoms with Crippen LogP contribution in [0.4, 0.5) is 0 Å². The van der Waals surface area contributed by atoms with Gasteiger partial charge >= 0.3 is 0 Å². The zero-order valence-corrected chi connectivity index (χ0v) is 12.3. The van der Waals surface area contributed by atoms with Crippen LogP contribution in [-0.2, 0) is 4.74 Å². The lowest BCUT2D eigenvalue weighted by atomic mass is 9.65. The van der Waals surface area contributed by atoms with Gasteiger partial charge in [-0.05, 0) is 56.8 Å². The van der Waals surface area contributed by atoms with Gasteiger partial charge in [0.15, 0.2) is 0 Å². The lowest BCUT2D eigenvalue weighted by Crippen LogP contribution is -2.51. The van der Waals surface area contributed by atoms with Crippen LogP contribution in [-0.4, -0.2) is 18.8 Å². The van der Waals surface area contributed by atoms with Gasteiger partial charge < -0.3 is 10.5 Å². The molecule has 0 bridgehead atoms. The van der Waals surface area contributed by atoms with Gasteiger partial charge in [0.25, 0.3) is 0 Å². The third-order valence-corrected chi connectivity index (χ3v) is 5.51. The lowest BCUT2D eigenvalue weighted by molar-refractivity contribution is 0.0191. The monoisotopic (exact) mass is 253 g/mol. The number of rotatable bonds is 4. The van der Waals surface area contributed by atoms with Crippen molar-refractivity contribution < 1.29 is 4.74 Å². The van der Waals surface area contributed by atoms with Crippen LogP contribution in [0.1, 0.15) is 71.1 Å². The van der Waals surface area contributed by atoms with Gasteiger partial charge in [0.05, 0.1) is 6.10 Å². The van der Waals surface area contributed by atoms with Crippen molar-refractivity contribution >= 4 is 0 Å². The van der Waals surface area contributed by atoms with Crippen LogP contribution in [0.3, 0.4) is 0 Å². The Kier molecular flexibility index (Phi) is 5.08. The van der Waals surface area contributed by atoms with Crippen LogP contribution in [0.2, 0.25) is 0 Å². The summed E-state index contributed by atoms with van der Waals surface area (Å²) in [5.74, 6) is 1.66. The van der Waals surface area contributed by atoms with E-state index in [0.717, 1.165) is 5.92 Å². The van der Waals surface area contributed by atoms with E-state index < -0.39 is 0 Å². The Balaban J connectivity index is 1.88. The summed E-state index contributed by atoms with van der Waals surface area (Å²) in [7, 11) is 1.86. The van der Waals surface area contributed by atoms with Crippen LogP contribution in [0.25, 0.3) is 0 Å². The van der Waals surface area contributed by atoms with Crippen molar-refractivity contribution in [1.82, 2.24) is 0 Å². The molecule has 2 N–H and O–H groups in total. The van der Waals surface area contributed by atoms with E-state index in [2.05, 4.69) is 6.92 Å². The molecule has 2 heteroatoms. The highest BCUT2D eigenvalue weighted by Gasteiger charge is 2.40. The molecule has 2 aliphatic rings. The molecule has 18 heavy (non-hydrogen) atoms. The number of hydrogen-bond acceptors (Lipinski definition) is 2. The fourth-order valence-corrected chi connectivity index (χ4v) is 4.20. The van der Waals surface area contributed by atoms with E-state index in [1.165, 1.54) is 64.2 Å². The van der Waals surface area contributed by atoms with Gasteiger partial charge in [-0.25, -0.2) is 0 Å². The van der Waals surface area contributed by atoms with E-state index in [1.54, 1.807) is 0 Å². The van der Waals surface area contributed by atoms with Crippen LogP contribution < -0.4 is 5.73 Å². The van der Waals surface area contributed by atoms with Gasteiger partial charge in [-0.3, -0.25) is 0 Å². The molecule has 0 saturated heterocycles. The second-order valence-electron chi connectivity index (χ2n) is 6.69. The Labute approximate surface area is 113 Å². The lowest BCUT2D eigenvalue weighted by Gasteiger charge is -2.45. The van der Waals surface area contributed by atoms with Crippen LogP contribution in [0, 0.1) is 11.8 Å². The normalized spacial score (nSPS) is 41.8. The fraction of sp³-hybridized carbons (Fsp3) is 1.00. The van der Waals surface area contributed by atoms with Gasteiger partial charge in [-0.15, -0.1) is 0 Å². The molecule has 0 spiro atoms. The van der Waals surface area contributed by atoms with E-state index in [-0.39, 0.29) is 5.54 Å². The minimum Gasteiger partial charge on any atom is -0.381 e. The van der Waals surface area contributed by atoms with Crippen molar-refractivity contribution in [2.75, 3.05) is 7.11 Å². The molecular weight excluding hydrogens is 222 g/mol. The number of nitrogens with two attached hydrogens (primary N) is 1. The Morgan fingerprint density at radius 3 is 2.50 bits per heavy atom. The van der Waals surface area contributed by atoms with E-state index in [1.807, 2.05) is 7.11 Å². The standard InChI is InChI=1S/C16H31NO/c1-3-5-13-8-10-16(17,11-9-13)14-6-4-7-15(12-14)18-2/h13-15H,3-12,17H2,1-2H3. The van der Waals surface area contributed by atoms with E-state index in [0.29, 0.717) is 12.0 Å². The molecule has 0 aromatic heterocycles. The molecule has 2 nitrogen and oxygen atoms in total. The zero-order valence-electron chi connectivity index (χ0n) is 12.3. The molecule has 2 fully saturated rings. The number of methoxy groups -OCH3 is 1. The summed E-state index contributed by atoms with van der Waals surface area (Å²) < 4.78 is 5.56. The maximum Gasteiger partial charge on any atom is 0.0574 e. The highest BCUT2D eigenvalue weighted by molar-refractivity contribution is 4.97. The quantitative estimate of drug-likeness (QED) is 0.825. The molecule has 0 aromatic rings. The smallest absolute Gasteiger partial charge is 0.0574 e. The van der Waals surface area contributed by atoms with Gasteiger partial charge in [-0.1, -0.05) is 26.2 Å². The maximum atomic E-state index is 6.75. The van der Waals surface area contributed by atoms with Crippen molar-refractivity contribution in [2.45, 2.75) is 82.8 Å². The predicted molar refractivity (Wildman–Crippen MR) is 76.5 cm³/mol. The van der Waals surface area contributed by atoms with Gasteiger partial charge in [0, 0.05) is 12.6 Å². The fourth-order valence-electron chi connectivity index (χ4n) is 4.20. The van der Waals surface area contributed by atoms with Crippen molar-refractivity contribution in [2.24, 2.45) is 17.6 Å². The summed E-state index contributed by atoms with van der Waals surface area (Å²) in [4.78, 5) is 0. The summed E-state index contributed by atoms with van der Waals surface area (Å²) in [6.45, 7) is 2.30. The van der Waals surface area contributed by atoms with E-state index in [9.17, 15) is 0 Å². The Hall–Kier alpha value is -0.0800. The first-order valence-electron chi connectivity index (χ1n) is 7.99. The predicted octanol–water partition coefficient (Wildman–Crippen LogP) is 3.88. The van der Waals surface area contributed by atoms with Crippen molar-refractivity contribution in [3.8, 4) is 0 Å². The van der Waals surface area contributed by atoms with Gasteiger partial charge in [-0.2, -0.15) is 0 Å². The molecule has 0 heterocycles. The molecule has 2 saturated carbocycles. The van der Waals surface area contributed by atoms with Crippen LogP contribution in [0.5, 0.6) is 0 Å². The summed E-state index contributed by atoms with van der Waals surface area (Å²) >= 11 is 0. The second kappa shape index (κ2) is 6.38. The summed E-state index contributed by atoms with van der Waals surface area (Å²) in [6, 6.07) is 0. The number of hydrogen-bond donors (Lipinski definition) is 1. The molecule has 0 aromatic carbocycles. The molecule has 0 aliphatic heterocycles. The van der Waals surface area contributed by atoms with Gasteiger partial charge in [0.1, 0.15) is 0 Å². The van der Waals surface area contributed by atoms with E-state index in [4.69, 9.17) is 10.5 Å². The molecule has 106 valence electrons. The maximum absolute atomic E-state index is 6.75. The zero-order chi connectivity index (χ0) is 13.0. The minimum absolute atomic E-state index is 0.126. The largest absolute Gasteiger partial charge is 0.381 e. The average Bonchev–Trinajstić information content (AvgIpc) is 2.42. The molecule has 0 amide bonds. The molecule has 2 rings (SSSR count). The molecule has 2 unspecified atom stereocenters. The highest BCUT2D eigenvalue weighted by atomic mass is 16.5. The summed E-state index contributed by atoms with van der Waals surface area (Å²) in [5.41, 5.74) is 6.88. The van der Waals surface area contributed by atoms with Crippen molar-refractivity contribution in [1.29, 1.82) is 0 Å². The first-order chi connectivity index (χ1) is 8.68. The van der Waals surface area contributed by atoms with Crippen LogP contribution >= 0.6 is 0 Å². The Morgan fingerprint density at radius 2 is 1.89 bits per heavy atom. The molecule has 0 radical (unpaired) electrons. The highest BCUT2D eigenvalue weighted by Crippen LogP contribution is 2.42.